The highest BCUT2D eigenvalue weighted by atomic mass is 16.5. The molecule has 1 aliphatic heterocycles. The third-order valence-electron chi connectivity index (χ3n) is 2.41. The second-order valence-corrected chi connectivity index (χ2v) is 3.42. The summed E-state index contributed by atoms with van der Waals surface area (Å²) in [5, 5.41) is 9.51. The first-order chi connectivity index (χ1) is 6.36. The SMILES string of the molecule is OC1COCC1Cc1ccncc1. The molecule has 0 spiro atoms. The molecule has 3 nitrogen and oxygen atoms in total. The molecule has 1 aromatic heterocycles. The summed E-state index contributed by atoms with van der Waals surface area (Å²) in [7, 11) is 0. The van der Waals surface area contributed by atoms with E-state index < -0.39 is 0 Å². The van der Waals surface area contributed by atoms with Crippen molar-refractivity contribution in [1.82, 2.24) is 4.98 Å². The van der Waals surface area contributed by atoms with Gasteiger partial charge in [0.2, 0.25) is 0 Å². The van der Waals surface area contributed by atoms with Gasteiger partial charge in [0.1, 0.15) is 0 Å². The number of pyridine rings is 1. The average Bonchev–Trinajstić information content (AvgIpc) is 2.54. The fourth-order valence-electron chi connectivity index (χ4n) is 1.60. The van der Waals surface area contributed by atoms with Crippen molar-refractivity contribution >= 4 is 0 Å². The molecule has 2 rings (SSSR count). The molecule has 70 valence electrons. The van der Waals surface area contributed by atoms with Crippen LogP contribution in [0.25, 0.3) is 0 Å². The molecule has 0 bridgehead atoms. The minimum atomic E-state index is -0.298. The molecule has 3 heteroatoms. The lowest BCUT2D eigenvalue weighted by atomic mass is 9.97. The molecule has 1 saturated heterocycles. The zero-order valence-corrected chi connectivity index (χ0v) is 7.39. The Morgan fingerprint density at radius 1 is 1.38 bits per heavy atom. The number of aliphatic hydroxyl groups excluding tert-OH is 1. The summed E-state index contributed by atoms with van der Waals surface area (Å²) in [5.74, 6) is 0.252. The Balaban J connectivity index is 1.98. The summed E-state index contributed by atoms with van der Waals surface area (Å²) in [6.07, 6.45) is 4.13. The molecule has 1 fully saturated rings. The summed E-state index contributed by atoms with van der Waals surface area (Å²) < 4.78 is 5.18. The molecular formula is C10H13NO2. The average molecular weight is 179 g/mol. The highest BCUT2D eigenvalue weighted by molar-refractivity contribution is 5.11. The first-order valence-electron chi connectivity index (χ1n) is 4.51. The van der Waals surface area contributed by atoms with Gasteiger partial charge in [-0.25, -0.2) is 0 Å². The zero-order chi connectivity index (χ0) is 9.10. The molecule has 0 saturated carbocycles. The van der Waals surface area contributed by atoms with Crippen molar-refractivity contribution in [3.05, 3.63) is 30.1 Å². The van der Waals surface area contributed by atoms with Gasteiger partial charge in [0.25, 0.3) is 0 Å². The Labute approximate surface area is 77.4 Å². The summed E-state index contributed by atoms with van der Waals surface area (Å²) in [6, 6.07) is 3.95. The third kappa shape index (κ3) is 2.05. The Morgan fingerprint density at radius 2 is 2.15 bits per heavy atom. The molecule has 0 aromatic carbocycles. The molecule has 2 atom stereocenters. The van der Waals surface area contributed by atoms with Crippen molar-refractivity contribution in [3.63, 3.8) is 0 Å². The summed E-state index contributed by atoms with van der Waals surface area (Å²) in [5.41, 5.74) is 1.21. The number of aromatic nitrogens is 1. The van der Waals surface area contributed by atoms with Crippen LogP contribution in [0.4, 0.5) is 0 Å². The van der Waals surface area contributed by atoms with Crippen LogP contribution in [0.1, 0.15) is 5.56 Å². The Hall–Kier alpha value is -0.930. The van der Waals surface area contributed by atoms with Gasteiger partial charge in [-0.15, -0.1) is 0 Å². The zero-order valence-electron chi connectivity index (χ0n) is 7.39. The smallest absolute Gasteiger partial charge is 0.0826 e. The lowest BCUT2D eigenvalue weighted by Crippen LogP contribution is -2.19. The number of hydrogen-bond acceptors (Lipinski definition) is 3. The Kier molecular flexibility index (Phi) is 2.57. The van der Waals surface area contributed by atoms with E-state index >= 15 is 0 Å². The van der Waals surface area contributed by atoms with E-state index in [2.05, 4.69) is 4.98 Å². The van der Waals surface area contributed by atoms with Crippen molar-refractivity contribution in [1.29, 1.82) is 0 Å². The normalized spacial score (nSPS) is 27.8. The van der Waals surface area contributed by atoms with Crippen LogP contribution in [0.15, 0.2) is 24.5 Å². The second-order valence-electron chi connectivity index (χ2n) is 3.42. The number of nitrogens with zero attached hydrogens (tertiary/aromatic N) is 1. The molecule has 2 unspecified atom stereocenters. The molecule has 1 aromatic rings. The summed E-state index contributed by atoms with van der Waals surface area (Å²) in [6.45, 7) is 1.15. The van der Waals surface area contributed by atoms with Gasteiger partial charge in [-0.05, 0) is 24.1 Å². The van der Waals surface area contributed by atoms with Crippen molar-refractivity contribution in [3.8, 4) is 0 Å². The van der Waals surface area contributed by atoms with E-state index in [1.54, 1.807) is 12.4 Å². The number of hydrogen-bond donors (Lipinski definition) is 1. The van der Waals surface area contributed by atoms with E-state index in [4.69, 9.17) is 4.74 Å². The van der Waals surface area contributed by atoms with E-state index in [-0.39, 0.29) is 12.0 Å². The second kappa shape index (κ2) is 3.85. The molecule has 0 amide bonds. The Morgan fingerprint density at radius 3 is 2.77 bits per heavy atom. The van der Waals surface area contributed by atoms with Gasteiger partial charge in [-0.1, -0.05) is 0 Å². The van der Waals surface area contributed by atoms with Crippen LogP contribution in [-0.2, 0) is 11.2 Å². The quantitative estimate of drug-likeness (QED) is 0.724. The summed E-state index contributed by atoms with van der Waals surface area (Å²) >= 11 is 0. The first-order valence-corrected chi connectivity index (χ1v) is 4.51. The van der Waals surface area contributed by atoms with E-state index in [0.29, 0.717) is 13.2 Å². The number of ether oxygens (including phenoxy) is 1. The van der Waals surface area contributed by atoms with Crippen LogP contribution in [0.2, 0.25) is 0 Å². The molecule has 0 radical (unpaired) electrons. The standard InChI is InChI=1S/C10H13NO2/c12-10-7-13-6-9(10)5-8-1-3-11-4-2-8/h1-4,9-10,12H,5-7H2. The van der Waals surface area contributed by atoms with Gasteiger partial charge in [-0.3, -0.25) is 4.98 Å². The fraction of sp³-hybridized carbons (Fsp3) is 0.500. The van der Waals surface area contributed by atoms with Crippen LogP contribution in [0.5, 0.6) is 0 Å². The molecule has 13 heavy (non-hydrogen) atoms. The maximum Gasteiger partial charge on any atom is 0.0826 e. The molecular weight excluding hydrogens is 166 g/mol. The monoisotopic (exact) mass is 179 g/mol. The molecule has 0 aliphatic carbocycles. The van der Waals surface area contributed by atoms with Crippen molar-refractivity contribution < 1.29 is 9.84 Å². The van der Waals surface area contributed by atoms with E-state index in [0.717, 1.165) is 6.42 Å². The maximum absolute atomic E-state index is 9.51. The van der Waals surface area contributed by atoms with Crippen LogP contribution >= 0.6 is 0 Å². The minimum absolute atomic E-state index is 0.252. The van der Waals surface area contributed by atoms with Crippen LogP contribution < -0.4 is 0 Å². The van der Waals surface area contributed by atoms with Gasteiger partial charge in [0, 0.05) is 18.3 Å². The van der Waals surface area contributed by atoms with Crippen molar-refractivity contribution in [2.45, 2.75) is 12.5 Å². The lowest BCUT2D eigenvalue weighted by Gasteiger charge is -2.11. The summed E-state index contributed by atoms with van der Waals surface area (Å²) in [4.78, 5) is 3.95. The van der Waals surface area contributed by atoms with Crippen LogP contribution in [0.3, 0.4) is 0 Å². The van der Waals surface area contributed by atoms with E-state index in [9.17, 15) is 5.11 Å². The minimum Gasteiger partial charge on any atom is -0.390 e. The molecule has 1 aliphatic rings. The van der Waals surface area contributed by atoms with Gasteiger partial charge in [-0.2, -0.15) is 0 Å². The van der Waals surface area contributed by atoms with E-state index in [1.807, 2.05) is 12.1 Å². The Bertz CT molecular complexity index is 263. The number of aliphatic hydroxyl groups is 1. The van der Waals surface area contributed by atoms with Gasteiger partial charge in [0.05, 0.1) is 19.3 Å². The first kappa shape index (κ1) is 8.66. The predicted octanol–water partition coefficient (Wildman–Crippen LogP) is 0.631. The number of rotatable bonds is 2. The van der Waals surface area contributed by atoms with Gasteiger partial charge in [0.15, 0.2) is 0 Å². The van der Waals surface area contributed by atoms with E-state index in [1.165, 1.54) is 5.56 Å². The van der Waals surface area contributed by atoms with Crippen molar-refractivity contribution in [2.24, 2.45) is 5.92 Å². The van der Waals surface area contributed by atoms with Gasteiger partial charge < -0.3 is 9.84 Å². The van der Waals surface area contributed by atoms with Crippen LogP contribution in [-0.4, -0.2) is 29.4 Å². The topological polar surface area (TPSA) is 42.4 Å². The third-order valence-corrected chi connectivity index (χ3v) is 2.41. The predicted molar refractivity (Wildman–Crippen MR) is 48.3 cm³/mol. The molecule has 1 N–H and O–H groups in total. The lowest BCUT2D eigenvalue weighted by molar-refractivity contribution is 0.118. The van der Waals surface area contributed by atoms with Crippen molar-refractivity contribution in [2.75, 3.05) is 13.2 Å². The largest absolute Gasteiger partial charge is 0.390 e. The fourth-order valence-corrected chi connectivity index (χ4v) is 1.60. The molecule has 2 heterocycles. The maximum atomic E-state index is 9.51. The highest BCUT2D eigenvalue weighted by Gasteiger charge is 2.25. The highest BCUT2D eigenvalue weighted by Crippen LogP contribution is 2.18. The van der Waals surface area contributed by atoms with Crippen LogP contribution in [0, 0.1) is 5.92 Å². The van der Waals surface area contributed by atoms with Gasteiger partial charge >= 0.3 is 0 Å².